The molecule has 4 rings (SSSR count). The zero-order valence-corrected chi connectivity index (χ0v) is 15.5. The number of ether oxygens (including phenoxy) is 1. The van der Waals surface area contributed by atoms with Crippen LogP contribution in [0.1, 0.15) is 23.7 Å². The van der Waals surface area contributed by atoms with Gasteiger partial charge in [-0.2, -0.15) is 0 Å². The summed E-state index contributed by atoms with van der Waals surface area (Å²) >= 11 is 0. The minimum Gasteiger partial charge on any atom is -0.489 e. The van der Waals surface area contributed by atoms with Gasteiger partial charge in [0.2, 0.25) is 0 Å². The molecule has 1 aromatic heterocycles. The van der Waals surface area contributed by atoms with Crippen LogP contribution in [0.3, 0.4) is 0 Å². The second kappa shape index (κ2) is 8.50. The van der Waals surface area contributed by atoms with Gasteiger partial charge in [0.25, 0.3) is 0 Å². The highest BCUT2D eigenvalue weighted by atomic mass is 19.1. The molecular formula is C23H23FN2O2. The Bertz CT molecular complexity index is 916. The molecular weight excluding hydrogens is 355 g/mol. The van der Waals surface area contributed by atoms with Gasteiger partial charge in [-0.1, -0.05) is 24.3 Å². The van der Waals surface area contributed by atoms with Gasteiger partial charge in [0.1, 0.15) is 17.7 Å². The van der Waals surface area contributed by atoms with E-state index >= 15 is 0 Å². The molecule has 4 nitrogen and oxygen atoms in total. The van der Waals surface area contributed by atoms with E-state index in [1.807, 2.05) is 24.3 Å². The molecule has 2 heterocycles. The number of benzene rings is 2. The van der Waals surface area contributed by atoms with Crippen molar-refractivity contribution in [3.8, 4) is 16.9 Å². The summed E-state index contributed by atoms with van der Waals surface area (Å²) in [6.45, 7) is 1.14. The van der Waals surface area contributed by atoms with Crippen molar-refractivity contribution in [2.75, 3.05) is 13.1 Å². The molecule has 1 aliphatic rings. The molecule has 28 heavy (non-hydrogen) atoms. The molecule has 2 aromatic carbocycles. The van der Waals surface area contributed by atoms with Crippen LogP contribution in [0.2, 0.25) is 0 Å². The summed E-state index contributed by atoms with van der Waals surface area (Å²) in [5.41, 5.74) is 4.04. The lowest BCUT2D eigenvalue weighted by Gasteiger charge is -2.27. The van der Waals surface area contributed by atoms with Gasteiger partial charge in [0, 0.05) is 31.0 Å². The SMILES string of the molecule is OC(CNCC1CCc2cc(-c3ccc(F)cc3)ccc2O1)c1cccnc1. The molecule has 0 bridgehead atoms. The van der Waals surface area contributed by atoms with E-state index in [0.717, 1.165) is 35.3 Å². The summed E-state index contributed by atoms with van der Waals surface area (Å²) in [7, 11) is 0. The fourth-order valence-corrected chi connectivity index (χ4v) is 3.48. The fraction of sp³-hybridized carbons (Fsp3) is 0.261. The standard InChI is InChI=1S/C23H23FN2O2/c24-20-7-3-16(4-8-20)17-6-10-23-18(12-17)5-9-21(28-23)14-26-15-22(27)19-2-1-11-25-13-19/h1-4,6-8,10-13,21-22,26-27H,5,9,14-15H2. The highest BCUT2D eigenvalue weighted by Gasteiger charge is 2.20. The van der Waals surface area contributed by atoms with Crippen molar-refractivity contribution in [2.45, 2.75) is 25.0 Å². The lowest BCUT2D eigenvalue weighted by atomic mass is 9.97. The number of hydrogen-bond donors (Lipinski definition) is 2. The van der Waals surface area contributed by atoms with Crippen LogP contribution in [-0.2, 0) is 6.42 Å². The van der Waals surface area contributed by atoms with Crippen molar-refractivity contribution >= 4 is 0 Å². The number of aliphatic hydroxyl groups is 1. The Morgan fingerprint density at radius 2 is 1.96 bits per heavy atom. The molecule has 0 aliphatic carbocycles. The van der Waals surface area contributed by atoms with Crippen molar-refractivity contribution in [1.82, 2.24) is 10.3 Å². The molecule has 0 spiro atoms. The number of nitrogens with one attached hydrogen (secondary N) is 1. The van der Waals surface area contributed by atoms with E-state index < -0.39 is 6.10 Å². The number of aryl methyl sites for hydroxylation is 1. The number of aliphatic hydroxyl groups excluding tert-OH is 1. The molecule has 3 aromatic rings. The summed E-state index contributed by atoms with van der Waals surface area (Å²) in [5.74, 6) is 0.672. The van der Waals surface area contributed by atoms with Gasteiger partial charge in [-0.05, 0) is 59.9 Å². The van der Waals surface area contributed by atoms with Gasteiger partial charge in [-0.25, -0.2) is 4.39 Å². The van der Waals surface area contributed by atoms with Crippen LogP contribution in [-0.4, -0.2) is 29.3 Å². The predicted molar refractivity (Wildman–Crippen MR) is 107 cm³/mol. The number of nitrogens with zero attached hydrogens (tertiary/aromatic N) is 1. The van der Waals surface area contributed by atoms with Crippen LogP contribution >= 0.6 is 0 Å². The van der Waals surface area contributed by atoms with Crippen LogP contribution < -0.4 is 10.1 Å². The Balaban J connectivity index is 1.33. The molecule has 1 aliphatic heterocycles. The van der Waals surface area contributed by atoms with E-state index in [4.69, 9.17) is 4.74 Å². The van der Waals surface area contributed by atoms with E-state index in [0.29, 0.717) is 13.1 Å². The zero-order chi connectivity index (χ0) is 19.3. The van der Waals surface area contributed by atoms with Gasteiger partial charge in [-0.3, -0.25) is 4.98 Å². The molecule has 144 valence electrons. The quantitative estimate of drug-likeness (QED) is 0.683. The molecule has 0 radical (unpaired) electrons. The monoisotopic (exact) mass is 378 g/mol. The number of halogens is 1. The Hall–Kier alpha value is -2.76. The second-order valence-corrected chi connectivity index (χ2v) is 7.07. The zero-order valence-electron chi connectivity index (χ0n) is 15.5. The minimum atomic E-state index is -0.581. The summed E-state index contributed by atoms with van der Waals surface area (Å²) in [6.07, 6.45) is 4.71. The first-order chi connectivity index (χ1) is 13.7. The smallest absolute Gasteiger partial charge is 0.123 e. The van der Waals surface area contributed by atoms with Gasteiger partial charge in [0.15, 0.2) is 0 Å². The maximum Gasteiger partial charge on any atom is 0.123 e. The maximum atomic E-state index is 13.1. The highest BCUT2D eigenvalue weighted by molar-refractivity contribution is 5.65. The van der Waals surface area contributed by atoms with Crippen molar-refractivity contribution < 1.29 is 14.2 Å². The van der Waals surface area contributed by atoms with E-state index in [1.54, 1.807) is 24.5 Å². The summed E-state index contributed by atoms with van der Waals surface area (Å²) in [6, 6.07) is 16.4. The molecule has 0 amide bonds. The molecule has 0 saturated heterocycles. The van der Waals surface area contributed by atoms with Crippen molar-refractivity contribution in [3.63, 3.8) is 0 Å². The first-order valence-electron chi connectivity index (χ1n) is 9.53. The van der Waals surface area contributed by atoms with Gasteiger partial charge in [0.05, 0.1) is 6.10 Å². The van der Waals surface area contributed by atoms with Crippen LogP contribution in [0, 0.1) is 5.82 Å². The Morgan fingerprint density at radius 1 is 1.14 bits per heavy atom. The van der Waals surface area contributed by atoms with Crippen molar-refractivity contribution in [1.29, 1.82) is 0 Å². The van der Waals surface area contributed by atoms with Crippen molar-refractivity contribution in [3.05, 3.63) is 83.9 Å². The number of hydrogen-bond acceptors (Lipinski definition) is 4. The topological polar surface area (TPSA) is 54.4 Å². The molecule has 2 unspecified atom stereocenters. The number of fused-ring (bicyclic) bond motifs is 1. The van der Waals surface area contributed by atoms with Crippen molar-refractivity contribution in [2.24, 2.45) is 0 Å². The Kier molecular flexibility index (Phi) is 5.65. The third-order valence-corrected chi connectivity index (χ3v) is 5.05. The molecule has 2 N–H and O–H groups in total. The first kappa shape index (κ1) is 18.6. The van der Waals surface area contributed by atoms with Crippen LogP contribution in [0.25, 0.3) is 11.1 Å². The van der Waals surface area contributed by atoms with E-state index in [2.05, 4.69) is 16.4 Å². The van der Waals surface area contributed by atoms with E-state index in [1.165, 1.54) is 17.7 Å². The molecule has 2 atom stereocenters. The van der Waals surface area contributed by atoms with Gasteiger partial charge >= 0.3 is 0 Å². The number of pyridine rings is 1. The van der Waals surface area contributed by atoms with E-state index in [9.17, 15) is 9.50 Å². The Labute approximate surface area is 164 Å². The maximum absolute atomic E-state index is 13.1. The summed E-state index contributed by atoms with van der Waals surface area (Å²) in [5, 5.41) is 13.5. The average molecular weight is 378 g/mol. The van der Waals surface area contributed by atoms with E-state index in [-0.39, 0.29) is 11.9 Å². The largest absolute Gasteiger partial charge is 0.489 e. The number of rotatable bonds is 6. The summed E-state index contributed by atoms with van der Waals surface area (Å²) in [4.78, 5) is 4.03. The third-order valence-electron chi connectivity index (χ3n) is 5.05. The van der Waals surface area contributed by atoms with Crippen LogP contribution in [0.5, 0.6) is 5.75 Å². The molecule has 0 fully saturated rings. The molecule has 0 saturated carbocycles. The predicted octanol–water partition coefficient (Wildman–Crippen LogP) is 3.90. The first-order valence-corrected chi connectivity index (χ1v) is 9.53. The molecule has 5 heteroatoms. The normalized spacial score (nSPS) is 16.9. The Morgan fingerprint density at radius 3 is 2.75 bits per heavy atom. The fourth-order valence-electron chi connectivity index (χ4n) is 3.48. The van der Waals surface area contributed by atoms with Gasteiger partial charge in [-0.15, -0.1) is 0 Å². The van der Waals surface area contributed by atoms with Gasteiger partial charge < -0.3 is 15.2 Å². The average Bonchev–Trinajstić information content (AvgIpc) is 2.74. The lowest BCUT2D eigenvalue weighted by Crippen LogP contribution is -2.36. The second-order valence-electron chi connectivity index (χ2n) is 7.07. The minimum absolute atomic E-state index is 0.0743. The summed E-state index contributed by atoms with van der Waals surface area (Å²) < 4.78 is 19.2. The van der Waals surface area contributed by atoms with Crippen LogP contribution in [0.15, 0.2) is 67.0 Å². The van der Waals surface area contributed by atoms with Crippen LogP contribution in [0.4, 0.5) is 4.39 Å². The highest BCUT2D eigenvalue weighted by Crippen LogP contribution is 2.32. The lowest BCUT2D eigenvalue weighted by molar-refractivity contribution is 0.146. The number of aromatic nitrogens is 1. The third kappa shape index (κ3) is 4.38.